The predicted octanol–water partition coefficient (Wildman–Crippen LogP) is -0.743. The Morgan fingerprint density at radius 1 is 0.592 bits per heavy atom. The molecule has 5 amide bonds. The van der Waals surface area contributed by atoms with E-state index < -0.39 is 5.41 Å². The number of hydrogen-bond donors (Lipinski definition) is 6. The summed E-state index contributed by atoms with van der Waals surface area (Å²) in [6.07, 6.45) is 5.00. The molecular weight excluding hydrogens is 638 g/mol. The van der Waals surface area contributed by atoms with Crippen LogP contribution < -0.4 is 33.2 Å². The van der Waals surface area contributed by atoms with Crippen LogP contribution >= 0.6 is 0 Å². The highest BCUT2D eigenvalue weighted by Crippen LogP contribution is 2.27. The quantitative estimate of drug-likeness (QED) is 0.0375. The van der Waals surface area contributed by atoms with Crippen molar-refractivity contribution in [3.05, 3.63) is 0 Å². The van der Waals surface area contributed by atoms with Gasteiger partial charge in [0.15, 0.2) is 0 Å². The monoisotopic (exact) mass is 699 g/mol. The predicted molar refractivity (Wildman–Crippen MR) is 183 cm³/mol. The second-order valence-electron chi connectivity index (χ2n) is 12.3. The second kappa shape index (κ2) is 27.8. The van der Waals surface area contributed by atoms with E-state index in [1.54, 1.807) is 0 Å². The van der Waals surface area contributed by atoms with Crippen LogP contribution in [0.25, 0.3) is 0 Å². The van der Waals surface area contributed by atoms with Crippen LogP contribution in [0.3, 0.4) is 0 Å². The van der Waals surface area contributed by atoms with E-state index in [2.05, 4.69) is 16.0 Å². The van der Waals surface area contributed by atoms with Gasteiger partial charge in [-0.2, -0.15) is 0 Å². The number of nitrogens with two attached hydrogens (primary N) is 3. The maximum Gasteiger partial charge on any atom is 0.229 e. The fraction of sp³-hybridized carbons (Fsp3) is 0.818. The van der Waals surface area contributed by atoms with E-state index in [1.807, 2.05) is 0 Å². The maximum atomic E-state index is 13.3. The number of unbranched alkanes of at least 4 members (excludes halogenated alkanes) is 2. The highest BCUT2D eigenvalue weighted by atomic mass is 16.5. The molecule has 0 atom stereocenters. The first-order valence-corrected chi connectivity index (χ1v) is 17.6. The van der Waals surface area contributed by atoms with E-state index >= 15 is 0 Å². The van der Waals surface area contributed by atoms with Crippen LogP contribution in [0.5, 0.6) is 0 Å². The van der Waals surface area contributed by atoms with Crippen molar-refractivity contribution in [3.8, 4) is 0 Å². The molecule has 1 aliphatic heterocycles. The molecule has 0 bridgehead atoms. The van der Waals surface area contributed by atoms with Gasteiger partial charge in [0.05, 0.1) is 39.6 Å². The Balaban J connectivity index is 2.85. The number of carbonyl (C=O) groups is 6. The molecule has 16 nitrogen and oxygen atoms in total. The molecule has 1 fully saturated rings. The molecule has 1 saturated heterocycles. The highest BCUT2D eigenvalue weighted by molar-refractivity contribution is 6.01. The SMILES string of the molecule is NCCCNC(=O)CCOCC(COCCC(=O)NCCCN)(COCCC(=O)NCCCN)CC(=O)CCCCCN1C(=O)CCC1=O. The number of imide groups is 1. The van der Waals surface area contributed by atoms with Crippen LogP contribution in [-0.2, 0) is 43.0 Å². The molecule has 16 heteroatoms. The lowest BCUT2D eigenvalue weighted by Gasteiger charge is -2.33. The summed E-state index contributed by atoms with van der Waals surface area (Å²) in [5.74, 6) is -0.897. The molecule has 1 rings (SSSR count). The Bertz CT molecular complexity index is 909. The second-order valence-corrected chi connectivity index (χ2v) is 12.3. The standard InChI is InChI=1S/C33H61N7O9/c34-13-4-16-37-28(42)10-20-47-24-33(25-48-21-11-29(43)38-17-5-14-35,26-49-22-12-30(44)39-18-6-15-36)23-27(41)7-2-1-3-19-40-31(45)8-9-32(40)46/h1-26,34-36H2,(H,37,42)(H,38,43)(H,39,44). The van der Waals surface area contributed by atoms with Gasteiger partial charge in [0.1, 0.15) is 5.78 Å². The zero-order chi connectivity index (χ0) is 36.2. The van der Waals surface area contributed by atoms with Gasteiger partial charge >= 0.3 is 0 Å². The summed E-state index contributed by atoms with van der Waals surface area (Å²) < 4.78 is 17.8. The Morgan fingerprint density at radius 2 is 1.00 bits per heavy atom. The lowest BCUT2D eigenvalue weighted by Crippen LogP contribution is -2.40. The highest BCUT2D eigenvalue weighted by Gasteiger charge is 2.35. The Hall–Kier alpha value is -3.02. The van der Waals surface area contributed by atoms with Gasteiger partial charge in [-0.15, -0.1) is 0 Å². The minimum atomic E-state index is -0.951. The maximum absolute atomic E-state index is 13.3. The third-order valence-corrected chi connectivity index (χ3v) is 7.82. The van der Waals surface area contributed by atoms with Crippen LogP contribution in [0.4, 0.5) is 0 Å². The fourth-order valence-corrected chi connectivity index (χ4v) is 5.04. The zero-order valence-electron chi connectivity index (χ0n) is 29.2. The van der Waals surface area contributed by atoms with Gasteiger partial charge in [0, 0.05) is 76.5 Å². The third-order valence-electron chi connectivity index (χ3n) is 7.82. The first-order valence-electron chi connectivity index (χ1n) is 17.6. The Morgan fingerprint density at radius 3 is 1.39 bits per heavy atom. The van der Waals surface area contributed by atoms with Gasteiger partial charge < -0.3 is 47.4 Å². The van der Waals surface area contributed by atoms with E-state index in [4.69, 9.17) is 31.4 Å². The summed E-state index contributed by atoms with van der Waals surface area (Å²) in [6.45, 7) is 3.60. The molecule has 0 unspecified atom stereocenters. The molecule has 0 radical (unpaired) electrons. The summed E-state index contributed by atoms with van der Waals surface area (Å²) in [5.41, 5.74) is 15.5. The van der Waals surface area contributed by atoms with Crippen molar-refractivity contribution in [1.82, 2.24) is 20.9 Å². The molecule has 0 aromatic carbocycles. The van der Waals surface area contributed by atoms with Crippen molar-refractivity contribution in [1.29, 1.82) is 0 Å². The van der Waals surface area contributed by atoms with Crippen molar-refractivity contribution >= 4 is 35.3 Å². The zero-order valence-corrected chi connectivity index (χ0v) is 29.2. The summed E-state index contributed by atoms with van der Waals surface area (Å²) in [6, 6.07) is 0. The molecule has 49 heavy (non-hydrogen) atoms. The van der Waals surface area contributed by atoms with Crippen molar-refractivity contribution in [2.24, 2.45) is 22.6 Å². The van der Waals surface area contributed by atoms with Gasteiger partial charge in [0.25, 0.3) is 0 Å². The average Bonchev–Trinajstić information content (AvgIpc) is 3.39. The van der Waals surface area contributed by atoms with Gasteiger partial charge in [-0.05, 0) is 51.7 Å². The number of hydrogen-bond acceptors (Lipinski definition) is 12. The average molecular weight is 700 g/mol. The van der Waals surface area contributed by atoms with Crippen molar-refractivity contribution < 1.29 is 43.0 Å². The van der Waals surface area contributed by atoms with E-state index in [-0.39, 0.29) is 120 Å². The number of ketones is 1. The van der Waals surface area contributed by atoms with Crippen LogP contribution in [0.15, 0.2) is 0 Å². The topological polar surface area (TPSA) is 248 Å². The Labute approximate surface area is 290 Å². The smallest absolute Gasteiger partial charge is 0.229 e. The summed E-state index contributed by atoms with van der Waals surface area (Å²) in [7, 11) is 0. The number of nitrogens with one attached hydrogen (secondary N) is 3. The molecule has 1 heterocycles. The van der Waals surface area contributed by atoms with Gasteiger partial charge in [0.2, 0.25) is 29.5 Å². The van der Waals surface area contributed by atoms with Gasteiger partial charge in [-0.1, -0.05) is 6.42 Å². The lowest BCUT2D eigenvalue weighted by molar-refractivity contribution is -0.138. The number of likely N-dealkylation sites (tertiary alicyclic amines) is 1. The van der Waals surface area contributed by atoms with Crippen LogP contribution in [-0.4, -0.2) is 126 Å². The van der Waals surface area contributed by atoms with E-state index in [1.165, 1.54) is 4.90 Å². The van der Waals surface area contributed by atoms with Crippen LogP contribution in [0.2, 0.25) is 0 Å². The first kappa shape index (κ1) is 44.0. The van der Waals surface area contributed by atoms with E-state index in [9.17, 15) is 28.8 Å². The van der Waals surface area contributed by atoms with Crippen molar-refractivity contribution in [2.45, 2.75) is 83.5 Å². The fourth-order valence-electron chi connectivity index (χ4n) is 5.04. The molecule has 0 aromatic heterocycles. The molecule has 1 aliphatic rings. The molecule has 0 aromatic rings. The van der Waals surface area contributed by atoms with Gasteiger partial charge in [-0.3, -0.25) is 33.7 Å². The molecule has 0 saturated carbocycles. The van der Waals surface area contributed by atoms with Crippen LogP contribution in [0.1, 0.15) is 83.5 Å². The first-order chi connectivity index (χ1) is 23.7. The number of ether oxygens (including phenoxy) is 3. The number of rotatable bonds is 32. The molecular formula is C33H61N7O9. The van der Waals surface area contributed by atoms with Crippen LogP contribution in [0, 0.1) is 5.41 Å². The van der Waals surface area contributed by atoms with Gasteiger partial charge in [-0.25, -0.2) is 0 Å². The minimum absolute atomic E-state index is 0.0411. The third kappa shape index (κ3) is 21.6. The number of nitrogens with zero attached hydrogens (tertiary/aromatic N) is 1. The molecule has 9 N–H and O–H groups in total. The molecule has 0 aliphatic carbocycles. The summed E-state index contributed by atoms with van der Waals surface area (Å²) in [5, 5.41) is 8.34. The minimum Gasteiger partial charge on any atom is -0.380 e. The normalized spacial score (nSPS) is 13.2. The largest absolute Gasteiger partial charge is 0.380 e. The van der Waals surface area contributed by atoms with E-state index in [0.29, 0.717) is 84.3 Å². The molecule has 0 spiro atoms. The number of amides is 5. The van der Waals surface area contributed by atoms with E-state index in [0.717, 1.165) is 0 Å². The molecule has 282 valence electrons. The number of carbonyl (C=O) groups excluding carboxylic acids is 6. The van der Waals surface area contributed by atoms with Crippen molar-refractivity contribution in [3.63, 3.8) is 0 Å². The summed E-state index contributed by atoms with van der Waals surface area (Å²) >= 11 is 0. The van der Waals surface area contributed by atoms with Crippen molar-refractivity contribution in [2.75, 3.05) is 85.5 Å². The Kier molecular flexibility index (Phi) is 24.9. The lowest BCUT2D eigenvalue weighted by atomic mass is 9.84. The number of Topliss-reactive ketones (excluding diaryl/α,β-unsaturated/α-hetero) is 1. The summed E-state index contributed by atoms with van der Waals surface area (Å²) in [4.78, 5) is 74.9.